The van der Waals surface area contributed by atoms with Crippen LogP contribution in [0.3, 0.4) is 0 Å². The van der Waals surface area contributed by atoms with Crippen molar-refractivity contribution in [3.05, 3.63) is 59.2 Å². The molecule has 0 unspecified atom stereocenters. The van der Waals surface area contributed by atoms with E-state index in [9.17, 15) is 0 Å². The lowest BCUT2D eigenvalue weighted by Gasteiger charge is -2.11. The van der Waals surface area contributed by atoms with Crippen molar-refractivity contribution in [1.82, 2.24) is 0 Å². The molecule has 0 aliphatic rings. The summed E-state index contributed by atoms with van der Waals surface area (Å²) in [6, 6.07) is 13.2. The van der Waals surface area contributed by atoms with Crippen LogP contribution in [0.5, 0.6) is 11.5 Å². The van der Waals surface area contributed by atoms with Gasteiger partial charge in [0.1, 0.15) is 11.5 Å². The van der Waals surface area contributed by atoms with Crippen LogP contribution in [0.4, 0.5) is 0 Å². The summed E-state index contributed by atoms with van der Waals surface area (Å²) in [6.07, 6.45) is 0. The van der Waals surface area contributed by atoms with Crippen molar-refractivity contribution in [3.63, 3.8) is 0 Å². The van der Waals surface area contributed by atoms with Gasteiger partial charge in [0.15, 0.2) is 5.84 Å². The van der Waals surface area contributed by atoms with Gasteiger partial charge in [-0.05, 0) is 49.2 Å². The van der Waals surface area contributed by atoms with Crippen molar-refractivity contribution in [1.29, 1.82) is 0 Å². The number of ether oxygens (including phenoxy) is 1. The molecule has 0 spiro atoms. The van der Waals surface area contributed by atoms with Crippen LogP contribution in [0.25, 0.3) is 0 Å². The van der Waals surface area contributed by atoms with Crippen molar-refractivity contribution < 1.29 is 9.94 Å². The lowest BCUT2D eigenvalue weighted by Crippen LogP contribution is -2.14. The Labute approximate surface area is 112 Å². The lowest BCUT2D eigenvalue weighted by atomic mass is 10.1. The summed E-state index contributed by atoms with van der Waals surface area (Å²) < 4.78 is 5.82. The van der Waals surface area contributed by atoms with E-state index < -0.39 is 0 Å². The van der Waals surface area contributed by atoms with Gasteiger partial charge in [0.05, 0.1) is 5.56 Å². The minimum atomic E-state index is 0.0302. The first-order valence-electron chi connectivity index (χ1n) is 5.93. The van der Waals surface area contributed by atoms with Crippen LogP contribution in [-0.4, -0.2) is 11.0 Å². The van der Waals surface area contributed by atoms with Gasteiger partial charge in [-0.3, -0.25) is 0 Å². The summed E-state index contributed by atoms with van der Waals surface area (Å²) in [7, 11) is 0. The van der Waals surface area contributed by atoms with Gasteiger partial charge in [-0.2, -0.15) is 0 Å². The highest BCUT2D eigenvalue weighted by atomic mass is 16.5. The second-order valence-corrected chi connectivity index (χ2v) is 4.40. The topological polar surface area (TPSA) is 67.8 Å². The molecule has 0 atom stereocenters. The van der Waals surface area contributed by atoms with Crippen LogP contribution in [0.1, 0.15) is 16.7 Å². The first kappa shape index (κ1) is 13.0. The van der Waals surface area contributed by atoms with Gasteiger partial charge in [0, 0.05) is 0 Å². The van der Waals surface area contributed by atoms with Crippen LogP contribution in [0.2, 0.25) is 0 Å². The first-order valence-corrected chi connectivity index (χ1v) is 5.93. The molecule has 0 saturated carbocycles. The number of hydrogen-bond donors (Lipinski definition) is 2. The van der Waals surface area contributed by atoms with E-state index in [1.54, 1.807) is 6.07 Å². The Balaban J connectivity index is 2.41. The molecule has 0 radical (unpaired) electrons. The predicted molar refractivity (Wildman–Crippen MR) is 74.9 cm³/mol. The SMILES string of the molecule is Cc1cccc(Oc2cc(C)ccc2C(N)=NO)c1. The fourth-order valence-electron chi connectivity index (χ4n) is 1.79. The van der Waals surface area contributed by atoms with Crippen LogP contribution < -0.4 is 10.5 Å². The summed E-state index contributed by atoms with van der Waals surface area (Å²) in [5, 5.41) is 11.8. The summed E-state index contributed by atoms with van der Waals surface area (Å²) in [4.78, 5) is 0. The normalized spacial score (nSPS) is 11.4. The quantitative estimate of drug-likeness (QED) is 0.383. The van der Waals surface area contributed by atoms with Crippen molar-refractivity contribution in [2.75, 3.05) is 0 Å². The molecule has 4 nitrogen and oxygen atoms in total. The van der Waals surface area contributed by atoms with E-state index in [1.165, 1.54) is 0 Å². The highest BCUT2D eigenvalue weighted by molar-refractivity contribution is 5.99. The van der Waals surface area contributed by atoms with E-state index in [0.29, 0.717) is 11.3 Å². The zero-order valence-electron chi connectivity index (χ0n) is 10.9. The predicted octanol–water partition coefficient (Wildman–Crippen LogP) is 3.19. The largest absolute Gasteiger partial charge is 0.457 e. The lowest BCUT2D eigenvalue weighted by molar-refractivity contribution is 0.318. The van der Waals surface area contributed by atoms with Crippen LogP contribution in [-0.2, 0) is 0 Å². The molecule has 3 N–H and O–H groups in total. The first-order chi connectivity index (χ1) is 9.10. The molecule has 19 heavy (non-hydrogen) atoms. The molecule has 0 heterocycles. The molecule has 2 aromatic carbocycles. The molecular formula is C15H16N2O2. The number of rotatable bonds is 3. The molecule has 98 valence electrons. The van der Waals surface area contributed by atoms with E-state index >= 15 is 0 Å². The molecule has 0 aliphatic carbocycles. The molecule has 2 rings (SSSR count). The summed E-state index contributed by atoms with van der Waals surface area (Å²) in [5.41, 5.74) is 8.36. The molecule has 4 heteroatoms. The molecule has 2 aromatic rings. The second-order valence-electron chi connectivity index (χ2n) is 4.40. The van der Waals surface area contributed by atoms with Gasteiger partial charge in [-0.15, -0.1) is 0 Å². The van der Waals surface area contributed by atoms with E-state index in [0.717, 1.165) is 16.9 Å². The number of aryl methyl sites for hydroxylation is 2. The Morgan fingerprint density at radius 2 is 1.84 bits per heavy atom. The zero-order chi connectivity index (χ0) is 13.8. The van der Waals surface area contributed by atoms with Crippen molar-refractivity contribution >= 4 is 5.84 Å². The van der Waals surface area contributed by atoms with Crippen LogP contribution in [0.15, 0.2) is 47.6 Å². The molecule has 0 aromatic heterocycles. The molecular weight excluding hydrogens is 240 g/mol. The average molecular weight is 256 g/mol. The van der Waals surface area contributed by atoms with Crippen molar-refractivity contribution in [3.8, 4) is 11.5 Å². The number of amidine groups is 1. The maximum Gasteiger partial charge on any atom is 0.173 e. The molecule has 0 amide bonds. The number of nitrogens with two attached hydrogens (primary N) is 1. The van der Waals surface area contributed by atoms with Gasteiger partial charge < -0.3 is 15.7 Å². The number of hydrogen-bond acceptors (Lipinski definition) is 3. The number of benzene rings is 2. The van der Waals surface area contributed by atoms with Crippen molar-refractivity contribution in [2.24, 2.45) is 10.9 Å². The minimum Gasteiger partial charge on any atom is -0.457 e. The van der Waals surface area contributed by atoms with Gasteiger partial charge >= 0.3 is 0 Å². The third kappa shape index (κ3) is 3.04. The summed E-state index contributed by atoms with van der Waals surface area (Å²) in [6.45, 7) is 3.95. The van der Waals surface area contributed by atoms with E-state index in [-0.39, 0.29) is 5.84 Å². The fraction of sp³-hybridized carbons (Fsp3) is 0.133. The average Bonchev–Trinajstić information content (AvgIpc) is 2.38. The van der Waals surface area contributed by atoms with Gasteiger partial charge in [0.25, 0.3) is 0 Å². The highest BCUT2D eigenvalue weighted by Gasteiger charge is 2.09. The zero-order valence-corrected chi connectivity index (χ0v) is 10.9. The standard InChI is InChI=1S/C15H16N2O2/c1-10-4-3-5-12(8-10)19-14-9-11(2)6-7-13(14)15(16)17-18/h3-9,18H,1-2H3,(H2,16,17). The van der Waals surface area contributed by atoms with Gasteiger partial charge in [-0.1, -0.05) is 23.4 Å². The molecule has 0 fully saturated rings. The Morgan fingerprint density at radius 1 is 1.11 bits per heavy atom. The molecule has 0 aliphatic heterocycles. The maximum absolute atomic E-state index is 8.80. The Kier molecular flexibility index (Phi) is 3.71. The maximum atomic E-state index is 8.80. The van der Waals surface area contributed by atoms with Crippen LogP contribution in [0, 0.1) is 13.8 Å². The monoisotopic (exact) mass is 256 g/mol. The fourth-order valence-corrected chi connectivity index (χ4v) is 1.79. The van der Waals surface area contributed by atoms with E-state index in [4.69, 9.17) is 15.7 Å². The van der Waals surface area contributed by atoms with Gasteiger partial charge in [-0.25, -0.2) is 0 Å². The van der Waals surface area contributed by atoms with E-state index in [1.807, 2.05) is 50.2 Å². The van der Waals surface area contributed by atoms with Crippen molar-refractivity contribution in [2.45, 2.75) is 13.8 Å². The Morgan fingerprint density at radius 3 is 2.53 bits per heavy atom. The third-order valence-electron chi connectivity index (χ3n) is 2.74. The third-order valence-corrected chi connectivity index (χ3v) is 2.74. The second kappa shape index (κ2) is 5.44. The van der Waals surface area contributed by atoms with Gasteiger partial charge in [0.2, 0.25) is 0 Å². The Bertz CT molecular complexity index is 621. The highest BCUT2D eigenvalue weighted by Crippen LogP contribution is 2.27. The molecule has 0 saturated heterocycles. The summed E-state index contributed by atoms with van der Waals surface area (Å²) >= 11 is 0. The Hall–Kier alpha value is -2.49. The summed E-state index contributed by atoms with van der Waals surface area (Å²) in [5.74, 6) is 1.32. The number of nitrogens with zero attached hydrogens (tertiary/aromatic N) is 1. The van der Waals surface area contributed by atoms with E-state index in [2.05, 4.69) is 5.16 Å². The van der Waals surface area contributed by atoms with Crippen LogP contribution >= 0.6 is 0 Å². The smallest absolute Gasteiger partial charge is 0.173 e. The molecule has 0 bridgehead atoms. The minimum absolute atomic E-state index is 0.0302. The number of oxime groups is 1.